The SMILES string of the molecule is CCc1nc(Cl)cc(NC(C)(CC)CCO)n1. The first-order valence-electron chi connectivity index (χ1n) is 5.95. The Balaban J connectivity index is 2.89. The van der Waals surface area contributed by atoms with Crippen LogP contribution in [0.15, 0.2) is 6.07 Å². The Hall–Kier alpha value is -0.870. The highest BCUT2D eigenvalue weighted by molar-refractivity contribution is 6.29. The lowest BCUT2D eigenvalue weighted by molar-refractivity contribution is 0.252. The molecule has 1 unspecified atom stereocenters. The van der Waals surface area contributed by atoms with E-state index >= 15 is 0 Å². The lowest BCUT2D eigenvalue weighted by Crippen LogP contribution is -2.35. The minimum Gasteiger partial charge on any atom is -0.396 e. The summed E-state index contributed by atoms with van der Waals surface area (Å²) in [6.07, 6.45) is 2.32. The third-order valence-electron chi connectivity index (χ3n) is 2.93. The van der Waals surface area contributed by atoms with Gasteiger partial charge in [-0.25, -0.2) is 9.97 Å². The van der Waals surface area contributed by atoms with Gasteiger partial charge in [-0.15, -0.1) is 0 Å². The van der Waals surface area contributed by atoms with Gasteiger partial charge in [-0.1, -0.05) is 25.4 Å². The second-order valence-corrected chi connectivity index (χ2v) is 4.75. The molecule has 1 rings (SSSR count). The van der Waals surface area contributed by atoms with Gasteiger partial charge in [0.15, 0.2) is 0 Å². The van der Waals surface area contributed by atoms with Crippen molar-refractivity contribution >= 4 is 17.4 Å². The van der Waals surface area contributed by atoms with E-state index in [9.17, 15) is 0 Å². The Morgan fingerprint density at radius 2 is 2.12 bits per heavy atom. The van der Waals surface area contributed by atoms with Gasteiger partial charge >= 0.3 is 0 Å². The normalized spacial score (nSPS) is 14.4. The van der Waals surface area contributed by atoms with Crippen LogP contribution < -0.4 is 5.32 Å². The molecule has 0 amide bonds. The average Bonchev–Trinajstić information content (AvgIpc) is 2.28. The predicted molar refractivity (Wildman–Crippen MR) is 70.4 cm³/mol. The van der Waals surface area contributed by atoms with Crippen molar-refractivity contribution in [3.63, 3.8) is 0 Å². The van der Waals surface area contributed by atoms with E-state index in [-0.39, 0.29) is 12.1 Å². The zero-order valence-corrected chi connectivity index (χ0v) is 11.4. The zero-order valence-electron chi connectivity index (χ0n) is 10.6. The first-order valence-corrected chi connectivity index (χ1v) is 6.33. The fraction of sp³-hybridized carbons (Fsp3) is 0.667. The van der Waals surface area contributed by atoms with Gasteiger partial charge in [0, 0.05) is 24.6 Å². The van der Waals surface area contributed by atoms with Crippen molar-refractivity contribution in [1.82, 2.24) is 9.97 Å². The van der Waals surface area contributed by atoms with Crippen LogP contribution in [0.2, 0.25) is 5.15 Å². The van der Waals surface area contributed by atoms with Gasteiger partial charge in [-0.2, -0.15) is 0 Å². The summed E-state index contributed by atoms with van der Waals surface area (Å²) in [5.74, 6) is 1.45. The Kier molecular flexibility index (Phi) is 5.15. The third kappa shape index (κ3) is 4.13. The molecule has 0 bridgehead atoms. The van der Waals surface area contributed by atoms with Crippen LogP contribution >= 0.6 is 11.6 Å². The summed E-state index contributed by atoms with van der Waals surface area (Å²) in [5.41, 5.74) is -0.169. The topological polar surface area (TPSA) is 58.0 Å². The molecule has 0 fully saturated rings. The Morgan fingerprint density at radius 1 is 1.41 bits per heavy atom. The second kappa shape index (κ2) is 6.17. The number of hydrogen-bond donors (Lipinski definition) is 2. The number of aryl methyl sites for hydroxylation is 1. The molecule has 1 atom stereocenters. The van der Waals surface area contributed by atoms with Crippen molar-refractivity contribution in [2.24, 2.45) is 0 Å². The van der Waals surface area contributed by atoms with Crippen LogP contribution in [0.3, 0.4) is 0 Å². The molecule has 1 aromatic heterocycles. The van der Waals surface area contributed by atoms with Crippen molar-refractivity contribution in [3.8, 4) is 0 Å². The molecule has 0 saturated heterocycles. The Labute approximate surface area is 107 Å². The summed E-state index contributed by atoms with van der Waals surface area (Å²) >= 11 is 5.94. The number of nitrogens with one attached hydrogen (secondary N) is 1. The smallest absolute Gasteiger partial charge is 0.134 e. The summed E-state index contributed by atoms with van der Waals surface area (Å²) in [7, 11) is 0. The van der Waals surface area contributed by atoms with Gasteiger partial charge < -0.3 is 10.4 Å². The van der Waals surface area contributed by atoms with Crippen LogP contribution in [-0.4, -0.2) is 27.2 Å². The van der Waals surface area contributed by atoms with Crippen LogP contribution in [0.25, 0.3) is 0 Å². The number of aromatic nitrogens is 2. The number of rotatable bonds is 6. The Morgan fingerprint density at radius 3 is 2.65 bits per heavy atom. The van der Waals surface area contributed by atoms with E-state index in [4.69, 9.17) is 16.7 Å². The highest BCUT2D eigenvalue weighted by Crippen LogP contribution is 2.22. The zero-order chi connectivity index (χ0) is 12.9. The van der Waals surface area contributed by atoms with Crippen LogP contribution in [0.4, 0.5) is 5.82 Å². The molecule has 17 heavy (non-hydrogen) atoms. The molecule has 5 heteroatoms. The number of hydrogen-bond acceptors (Lipinski definition) is 4. The number of aliphatic hydroxyl groups excluding tert-OH is 1. The van der Waals surface area contributed by atoms with Crippen molar-refractivity contribution in [2.75, 3.05) is 11.9 Å². The fourth-order valence-electron chi connectivity index (χ4n) is 1.57. The van der Waals surface area contributed by atoms with E-state index in [2.05, 4.69) is 29.1 Å². The van der Waals surface area contributed by atoms with Gasteiger partial charge in [0.2, 0.25) is 0 Å². The largest absolute Gasteiger partial charge is 0.396 e. The molecule has 0 radical (unpaired) electrons. The van der Waals surface area contributed by atoms with E-state index < -0.39 is 0 Å². The van der Waals surface area contributed by atoms with E-state index in [1.165, 1.54) is 0 Å². The Bertz CT molecular complexity index is 373. The molecule has 0 aliphatic rings. The summed E-state index contributed by atoms with van der Waals surface area (Å²) in [5, 5.41) is 12.8. The molecule has 1 heterocycles. The first kappa shape index (κ1) is 14.2. The van der Waals surface area contributed by atoms with E-state index in [0.29, 0.717) is 11.6 Å². The molecule has 0 aromatic carbocycles. The number of nitrogens with zero attached hydrogens (tertiary/aromatic N) is 2. The van der Waals surface area contributed by atoms with E-state index in [1.807, 2.05) is 6.92 Å². The van der Waals surface area contributed by atoms with Crippen LogP contribution in [0.1, 0.15) is 39.4 Å². The first-order chi connectivity index (χ1) is 8.03. The van der Waals surface area contributed by atoms with Gasteiger partial charge in [0.05, 0.1) is 0 Å². The van der Waals surface area contributed by atoms with Crippen molar-refractivity contribution in [1.29, 1.82) is 0 Å². The van der Waals surface area contributed by atoms with Gasteiger partial charge in [0.1, 0.15) is 16.8 Å². The van der Waals surface area contributed by atoms with Crippen molar-refractivity contribution in [2.45, 2.75) is 45.6 Å². The molecule has 0 aliphatic heterocycles. The van der Waals surface area contributed by atoms with Gasteiger partial charge in [-0.05, 0) is 19.8 Å². The van der Waals surface area contributed by atoms with Gasteiger partial charge in [-0.3, -0.25) is 0 Å². The monoisotopic (exact) mass is 257 g/mol. The molecule has 2 N–H and O–H groups in total. The maximum atomic E-state index is 9.07. The highest BCUT2D eigenvalue weighted by atomic mass is 35.5. The van der Waals surface area contributed by atoms with Crippen molar-refractivity contribution in [3.05, 3.63) is 17.0 Å². The molecule has 1 aromatic rings. The number of anilines is 1. The number of halogens is 1. The predicted octanol–water partition coefficient (Wildman–Crippen LogP) is 2.66. The molecule has 0 aliphatic carbocycles. The highest BCUT2D eigenvalue weighted by Gasteiger charge is 2.21. The third-order valence-corrected chi connectivity index (χ3v) is 3.12. The fourth-order valence-corrected chi connectivity index (χ4v) is 1.77. The minimum absolute atomic E-state index is 0.150. The lowest BCUT2D eigenvalue weighted by atomic mass is 9.95. The second-order valence-electron chi connectivity index (χ2n) is 4.36. The molecular weight excluding hydrogens is 238 g/mol. The summed E-state index contributed by atoms with van der Waals surface area (Å²) < 4.78 is 0. The maximum absolute atomic E-state index is 9.07. The number of aliphatic hydroxyl groups is 1. The molecule has 0 spiro atoms. The van der Waals surface area contributed by atoms with E-state index in [1.54, 1.807) is 6.07 Å². The summed E-state index contributed by atoms with van der Waals surface area (Å²) in [6, 6.07) is 1.71. The maximum Gasteiger partial charge on any atom is 0.134 e. The van der Waals surface area contributed by atoms with Gasteiger partial charge in [0.25, 0.3) is 0 Å². The summed E-state index contributed by atoms with van der Waals surface area (Å²) in [6.45, 7) is 6.27. The van der Waals surface area contributed by atoms with Crippen LogP contribution in [0.5, 0.6) is 0 Å². The molecule has 96 valence electrons. The average molecular weight is 258 g/mol. The quantitative estimate of drug-likeness (QED) is 0.770. The van der Waals surface area contributed by atoms with E-state index in [0.717, 1.165) is 24.5 Å². The van der Waals surface area contributed by atoms with Crippen LogP contribution in [0, 0.1) is 0 Å². The molecular formula is C12H20ClN3O. The lowest BCUT2D eigenvalue weighted by Gasteiger charge is -2.29. The summed E-state index contributed by atoms with van der Waals surface area (Å²) in [4.78, 5) is 8.50. The van der Waals surface area contributed by atoms with Crippen LogP contribution in [-0.2, 0) is 6.42 Å². The minimum atomic E-state index is -0.169. The molecule has 4 nitrogen and oxygen atoms in total. The van der Waals surface area contributed by atoms with Crippen molar-refractivity contribution < 1.29 is 5.11 Å². The molecule has 0 saturated carbocycles. The standard InChI is InChI=1S/C12H20ClN3O/c1-4-10-14-9(13)8-11(15-10)16-12(3,5-2)6-7-17/h8,17H,4-7H2,1-3H3,(H,14,15,16).